The van der Waals surface area contributed by atoms with Crippen molar-refractivity contribution >= 4 is 22.8 Å². The minimum absolute atomic E-state index is 0.269. The van der Waals surface area contributed by atoms with E-state index in [1.807, 2.05) is 4.57 Å². The van der Waals surface area contributed by atoms with E-state index in [0.29, 0.717) is 11.2 Å². The summed E-state index contributed by atoms with van der Waals surface area (Å²) in [4.78, 5) is 36.7. The van der Waals surface area contributed by atoms with Gasteiger partial charge in [-0.15, -0.1) is 0 Å². The van der Waals surface area contributed by atoms with Crippen LogP contribution in [0.25, 0.3) is 11.2 Å². The second-order valence-electron chi connectivity index (χ2n) is 8.45. The number of hydrogen-bond donors (Lipinski definition) is 0. The predicted octanol–water partition coefficient (Wildman–Crippen LogP) is 0.466. The fourth-order valence-corrected chi connectivity index (χ4v) is 4.77. The van der Waals surface area contributed by atoms with Crippen molar-refractivity contribution in [1.82, 2.24) is 23.6 Å². The molecule has 2 aliphatic heterocycles. The molecule has 0 aliphatic carbocycles. The quantitative estimate of drug-likeness (QED) is 0.594. The molecule has 9 nitrogen and oxygen atoms in total. The second kappa shape index (κ2) is 7.88. The largest absolute Gasteiger partial charge is 0.369 e. The standard InChI is InChI=1S/C22H29N7O2/c1-24-19-18(20(30)25(2)22(24)31)29-16-15-28(21(29)23-19)10-6-9-26-11-13-27(14-12-26)17-7-4-3-5-8-17/h3-5,7-8H,6,9-16H2,1-2H3. The number of aromatic nitrogens is 4. The zero-order chi connectivity index (χ0) is 21.5. The third kappa shape index (κ3) is 3.42. The van der Waals surface area contributed by atoms with Crippen LogP contribution in [0.3, 0.4) is 0 Å². The SMILES string of the molecule is Cn1c(=O)c2c(nc3n2CCN3CCCN2CCN(c3ccccc3)CC2)n(C)c1=O. The minimum atomic E-state index is -0.338. The van der Waals surface area contributed by atoms with Gasteiger partial charge in [-0.3, -0.25) is 18.8 Å². The minimum Gasteiger partial charge on any atom is -0.369 e. The average Bonchev–Trinajstić information content (AvgIpc) is 3.37. The Morgan fingerprint density at radius 2 is 1.61 bits per heavy atom. The molecule has 0 bridgehead atoms. The lowest BCUT2D eigenvalue weighted by molar-refractivity contribution is 0.256. The summed E-state index contributed by atoms with van der Waals surface area (Å²) in [6, 6.07) is 10.6. The van der Waals surface area contributed by atoms with Gasteiger partial charge in [0.2, 0.25) is 5.95 Å². The van der Waals surface area contributed by atoms with Gasteiger partial charge in [-0.1, -0.05) is 18.2 Å². The Kier molecular flexibility index (Phi) is 5.05. The van der Waals surface area contributed by atoms with Gasteiger partial charge < -0.3 is 14.4 Å². The normalized spacial score (nSPS) is 17.0. The van der Waals surface area contributed by atoms with Crippen LogP contribution in [0.15, 0.2) is 39.9 Å². The van der Waals surface area contributed by atoms with E-state index in [2.05, 4.69) is 50.0 Å². The van der Waals surface area contributed by atoms with Crippen LogP contribution in [-0.2, 0) is 20.6 Å². The van der Waals surface area contributed by atoms with E-state index in [1.165, 1.54) is 17.3 Å². The number of rotatable bonds is 5. The average molecular weight is 424 g/mol. The number of imidazole rings is 1. The number of aryl methyl sites for hydroxylation is 1. The molecule has 3 aromatic rings. The van der Waals surface area contributed by atoms with Gasteiger partial charge >= 0.3 is 5.69 Å². The summed E-state index contributed by atoms with van der Waals surface area (Å²) in [6.45, 7) is 7.80. The number of anilines is 2. The van der Waals surface area contributed by atoms with Gasteiger partial charge in [0.25, 0.3) is 5.56 Å². The van der Waals surface area contributed by atoms with Crippen molar-refractivity contribution in [3.8, 4) is 0 Å². The van der Waals surface area contributed by atoms with Crippen LogP contribution in [0.2, 0.25) is 0 Å². The van der Waals surface area contributed by atoms with E-state index in [1.54, 1.807) is 7.05 Å². The molecule has 2 aromatic heterocycles. The maximum atomic E-state index is 12.6. The van der Waals surface area contributed by atoms with Crippen molar-refractivity contribution in [2.45, 2.75) is 13.0 Å². The molecule has 0 radical (unpaired) electrons. The molecule has 9 heteroatoms. The molecule has 0 amide bonds. The summed E-state index contributed by atoms with van der Waals surface area (Å²) in [6.07, 6.45) is 1.05. The highest BCUT2D eigenvalue weighted by Gasteiger charge is 2.27. The molecule has 164 valence electrons. The van der Waals surface area contributed by atoms with E-state index >= 15 is 0 Å². The Hall–Kier alpha value is -3.07. The number of benzene rings is 1. The maximum Gasteiger partial charge on any atom is 0.332 e. The van der Waals surface area contributed by atoms with E-state index in [4.69, 9.17) is 0 Å². The van der Waals surface area contributed by atoms with Crippen molar-refractivity contribution in [1.29, 1.82) is 0 Å². The highest BCUT2D eigenvalue weighted by Crippen LogP contribution is 2.25. The number of para-hydroxylation sites is 1. The molecular weight excluding hydrogens is 394 g/mol. The van der Waals surface area contributed by atoms with Crippen molar-refractivity contribution in [2.75, 3.05) is 55.6 Å². The molecule has 4 heterocycles. The van der Waals surface area contributed by atoms with Gasteiger partial charge in [0.05, 0.1) is 0 Å². The predicted molar refractivity (Wildman–Crippen MR) is 122 cm³/mol. The zero-order valence-electron chi connectivity index (χ0n) is 18.2. The lowest BCUT2D eigenvalue weighted by Gasteiger charge is -2.36. The first kappa shape index (κ1) is 19.9. The Bertz CT molecular complexity index is 1200. The number of nitrogens with zero attached hydrogens (tertiary/aromatic N) is 7. The Labute approximate surface area is 180 Å². The molecule has 0 spiro atoms. The Balaban J connectivity index is 1.21. The summed E-state index contributed by atoms with van der Waals surface area (Å²) in [7, 11) is 3.20. The lowest BCUT2D eigenvalue weighted by atomic mass is 10.2. The highest BCUT2D eigenvalue weighted by molar-refractivity contribution is 5.75. The molecule has 1 aromatic carbocycles. The van der Waals surface area contributed by atoms with E-state index in [-0.39, 0.29) is 11.2 Å². The van der Waals surface area contributed by atoms with E-state index in [9.17, 15) is 9.59 Å². The molecule has 0 atom stereocenters. The number of fused-ring (bicyclic) bond motifs is 3. The molecule has 2 aliphatic rings. The van der Waals surface area contributed by atoms with Crippen LogP contribution in [0.1, 0.15) is 6.42 Å². The van der Waals surface area contributed by atoms with Gasteiger partial charge in [-0.05, 0) is 25.1 Å². The molecule has 31 heavy (non-hydrogen) atoms. The first-order valence-corrected chi connectivity index (χ1v) is 11.0. The van der Waals surface area contributed by atoms with Crippen LogP contribution in [0.4, 0.5) is 11.6 Å². The van der Waals surface area contributed by atoms with Crippen molar-refractivity contribution in [2.24, 2.45) is 14.1 Å². The number of piperazine rings is 1. The second-order valence-corrected chi connectivity index (χ2v) is 8.45. The first-order chi connectivity index (χ1) is 15.0. The van der Waals surface area contributed by atoms with Gasteiger partial charge in [0.15, 0.2) is 11.2 Å². The Morgan fingerprint density at radius 3 is 2.35 bits per heavy atom. The molecule has 1 fully saturated rings. The van der Waals surface area contributed by atoms with Gasteiger partial charge in [0, 0.05) is 65.6 Å². The molecule has 0 unspecified atom stereocenters. The van der Waals surface area contributed by atoms with Crippen molar-refractivity contribution in [3.63, 3.8) is 0 Å². The van der Waals surface area contributed by atoms with Gasteiger partial charge in [-0.25, -0.2) is 4.79 Å². The van der Waals surface area contributed by atoms with Gasteiger partial charge in [-0.2, -0.15) is 4.98 Å². The highest BCUT2D eigenvalue weighted by atomic mass is 16.2. The summed E-state index contributed by atoms with van der Waals surface area (Å²) in [5, 5.41) is 0. The van der Waals surface area contributed by atoms with Crippen LogP contribution in [0.5, 0.6) is 0 Å². The fourth-order valence-electron chi connectivity index (χ4n) is 4.77. The molecular formula is C22H29N7O2. The summed E-state index contributed by atoms with van der Waals surface area (Å²) in [5.41, 5.74) is 1.70. The van der Waals surface area contributed by atoms with E-state index in [0.717, 1.165) is 69.3 Å². The monoisotopic (exact) mass is 423 g/mol. The molecule has 0 N–H and O–H groups in total. The van der Waals surface area contributed by atoms with Crippen LogP contribution >= 0.6 is 0 Å². The van der Waals surface area contributed by atoms with Crippen LogP contribution in [-0.4, -0.2) is 69.4 Å². The molecule has 5 rings (SSSR count). The van der Waals surface area contributed by atoms with E-state index < -0.39 is 0 Å². The zero-order valence-corrected chi connectivity index (χ0v) is 18.2. The maximum absolute atomic E-state index is 12.6. The van der Waals surface area contributed by atoms with Crippen LogP contribution in [0, 0.1) is 0 Å². The van der Waals surface area contributed by atoms with Crippen molar-refractivity contribution < 1.29 is 0 Å². The molecule has 0 saturated carbocycles. The third-order valence-corrected chi connectivity index (χ3v) is 6.60. The lowest BCUT2D eigenvalue weighted by Crippen LogP contribution is -2.47. The topological polar surface area (TPSA) is 71.5 Å². The smallest absolute Gasteiger partial charge is 0.332 e. The summed E-state index contributed by atoms with van der Waals surface area (Å²) < 4.78 is 4.59. The third-order valence-electron chi connectivity index (χ3n) is 6.60. The summed E-state index contributed by atoms with van der Waals surface area (Å²) >= 11 is 0. The number of hydrogen-bond acceptors (Lipinski definition) is 6. The Morgan fingerprint density at radius 1 is 0.871 bits per heavy atom. The molecule has 1 saturated heterocycles. The van der Waals surface area contributed by atoms with Crippen LogP contribution < -0.4 is 21.0 Å². The van der Waals surface area contributed by atoms with Crippen molar-refractivity contribution in [3.05, 3.63) is 51.2 Å². The van der Waals surface area contributed by atoms with Gasteiger partial charge in [0.1, 0.15) is 0 Å². The first-order valence-electron chi connectivity index (χ1n) is 11.0. The summed E-state index contributed by atoms with van der Waals surface area (Å²) in [5.74, 6) is 0.808. The fraction of sp³-hybridized carbons (Fsp3) is 0.500.